The molecule has 1 aromatic heterocycles. The van der Waals surface area contributed by atoms with Gasteiger partial charge < -0.3 is 9.80 Å². The third-order valence-electron chi connectivity index (χ3n) is 5.09. The van der Waals surface area contributed by atoms with E-state index < -0.39 is 0 Å². The van der Waals surface area contributed by atoms with Gasteiger partial charge in [0, 0.05) is 37.1 Å². The second-order valence-corrected chi connectivity index (χ2v) is 6.83. The van der Waals surface area contributed by atoms with E-state index in [1.807, 2.05) is 53.7 Å². The standard InChI is InChI=1S/C21H27N3O/c1-23(14-6-8-18-7-5-13-22-17-18)20-11-15-24(16-12-20)21(25)19-9-3-2-4-10-19/h2-5,7,9-10,13,17,20H,6,8,11-12,14-16H2,1H3. The van der Waals surface area contributed by atoms with Gasteiger partial charge in [0.1, 0.15) is 0 Å². The van der Waals surface area contributed by atoms with Gasteiger partial charge in [0.15, 0.2) is 0 Å². The summed E-state index contributed by atoms with van der Waals surface area (Å²) in [6.45, 7) is 2.79. The number of aromatic nitrogens is 1. The van der Waals surface area contributed by atoms with Crippen molar-refractivity contribution in [1.29, 1.82) is 0 Å². The predicted molar refractivity (Wildman–Crippen MR) is 101 cm³/mol. The summed E-state index contributed by atoms with van der Waals surface area (Å²) in [4.78, 5) is 21.1. The molecule has 4 heteroatoms. The van der Waals surface area contributed by atoms with Crippen molar-refractivity contribution in [3.05, 3.63) is 66.0 Å². The van der Waals surface area contributed by atoms with Gasteiger partial charge in [0.05, 0.1) is 0 Å². The lowest BCUT2D eigenvalue weighted by atomic mass is 10.0. The molecule has 2 aromatic rings. The zero-order chi connectivity index (χ0) is 17.5. The van der Waals surface area contributed by atoms with Gasteiger partial charge in [-0.2, -0.15) is 0 Å². The molecule has 0 N–H and O–H groups in total. The van der Waals surface area contributed by atoms with Gasteiger partial charge in [-0.25, -0.2) is 0 Å². The highest BCUT2D eigenvalue weighted by molar-refractivity contribution is 5.94. The fraction of sp³-hybridized carbons (Fsp3) is 0.429. The van der Waals surface area contributed by atoms with Crippen molar-refractivity contribution in [3.63, 3.8) is 0 Å². The topological polar surface area (TPSA) is 36.4 Å². The van der Waals surface area contributed by atoms with Crippen molar-refractivity contribution in [3.8, 4) is 0 Å². The number of piperidine rings is 1. The Morgan fingerprint density at radius 1 is 1.16 bits per heavy atom. The number of carbonyl (C=O) groups is 1. The molecule has 1 aliphatic heterocycles. The van der Waals surface area contributed by atoms with Crippen LogP contribution < -0.4 is 0 Å². The van der Waals surface area contributed by atoms with Crippen molar-refractivity contribution in [2.45, 2.75) is 31.7 Å². The molecule has 1 amide bonds. The van der Waals surface area contributed by atoms with Crippen molar-refractivity contribution in [2.75, 3.05) is 26.7 Å². The molecule has 0 radical (unpaired) electrons. The molecule has 3 rings (SSSR count). The fourth-order valence-corrected chi connectivity index (χ4v) is 3.53. The van der Waals surface area contributed by atoms with E-state index in [-0.39, 0.29) is 5.91 Å². The molecule has 4 nitrogen and oxygen atoms in total. The minimum atomic E-state index is 0.165. The maximum Gasteiger partial charge on any atom is 0.253 e. The number of nitrogens with zero attached hydrogens (tertiary/aromatic N) is 3. The minimum absolute atomic E-state index is 0.165. The van der Waals surface area contributed by atoms with Gasteiger partial charge in [0.25, 0.3) is 5.91 Å². The lowest BCUT2D eigenvalue weighted by Gasteiger charge is -2.37. The average molecular weight is 337 g/mol. The highest BCUT2D eigenvalue weighted by Crippen LogP contribution is 2.18. The van der Waals surface area contributed by atoms with E-state index in [1.165, 1.54) is 5.56 Å². The number of benzene rings is 1. The predicted octanol–water partition coefficient (Wildman–Crippen LogP) is 3.25. The molecule has 1 aromatic carbocycles. The first kappa shape index (κ1) is 17.6. The van der Waals surface area contributed by atoms with Crippen molar-refractivity contribution >= 4 is 5.91 Å². The zero-order valence-electron chi connectivity index (χ0n) is 15.0. The number of hydrogen-bond donors (Lipinski definition) is 0. The first-order valence-electron chi connectivity index (χ1n) is 9.17. The van der Waals surface area contributed by atoms with Crippen LogP contribution in [0.1, 0.15) is 35.2 Å². The molecule has 0 bridgehead atoms. The summed E-state index contributed by atoms with van der Waals surface area (Å²) in [6, 6.07) is 14.3. The molecular formula is C21H27N3O. The molecule has 132 valence electrons. The van der Waals surface area contributed by atoms with Crippen molar-refractivity contribution < 1.29 is 4.79 Å². The lowest BCUT2D eigenvalue weighted by Crippen LogP contribution is -2.45. The second kappa shape index (κ2) is 8.77. The highest BCUT2D eigenvalue weighted by Gasteiger charge is 2.25. The molecule has 25 heavy (non-hydrogen) atoms. The van der Waals surface area contributed by atoms with Gasteiger partial charge >= 0.3 is 0 Å². The van der Waals surface area contributed by atoms with E-state index in [1.54, 1.807) is 0 Å². The number of hydrogen-bond acceptors (Lipinski definition) is 3. The van der Waals surface area contributed by atoms with Gasteiger partial charge in [-0.15, -0.1) is 0 Å². The van der Waals surface area contributed by atoms with Gasteiger partial charge in [-0.1, -0.05) is 24.3 Å². The van der Waals surface area contributed by atoms with E-state index in [2.05, 4.69) is 23.0 Å². The maximum atomic E-state index is 12.5. The number of likely N-dealkylation sites (tertiary alicyclic amines) is 1. The first-order valence-corrected chi connectivity index (χ1v) is 9.17. The lowest BCUT2D eigenvalue weighted by molar-refractivity contribution is 0.0645. The summed E-state index contributed by atoms with van der Waals surface area (Å²) in [6.07, 6.45) is 8.10. The van der Waals surface area contributed by atoms with Gasteiger partial charge in [-0.05, 0) is 63.0 Å². The smallest absolute Gasteiger partial charge is 0.253 e. The second-order valence-electron chi connectivity index (χ2n) is 6.83. The molecule has 0 saturated carbocycles. The van der Waals surface area contributed by atoms with Crippen LogP contribution in [0.25, 0.3) is 0 Å². The van der Waals surface area contributed by atoms with Crippen LogP contribution in [-0.4, -0.2) is 53.4 Å². The molecule has 0 unspecified atom stereocenters. The molecule has 1 fully saturated rings. The Morgan fingerprint density at radius 2 is 1.92 bits per heavy atom. The van der Waals surface area contributed by atoms with E-state index in [9.17, 15) is 4.79 Å². The Kier molecular flexibility index (Phi) is 6.18. The Hall–Kier alpha value is -2.20. The molecule has 1 saturated heterocycles. The minimum Gasteiger partial charge on any atom is -0.339 e. The number of pyridine rings is 1. The largest absolute Gasteiger partial charge is 0.339 e. The number of rotatable bonds is 6. The van der Waals surface area contributed by atoms with E-state index in [0.29, 0.717) is 6.04 Å². The third-order valence-corrected chi connectivity index (χ3v) is 5.09. The molecule has 0 atom stereocenters. The van der Waals surface area contributed by atoms with Crippen LogP contribution in [0.2, 0.25) is 0 Å². The number of aryl methyl sites for hydroxylation is 1. The van der Waals surface area contributed by atoms with Crippen LogP contribution in [0.4, 0.5) is 0 Å². The van der Waals surface area contributed by atoms with Crippen LogP contribution in [0.3, 0.4) is 0 Å². The Labute approximate surface area is 150 Å². The highest BCUT2D eigenvalue weighted by atomic mass is 16.2. The summed E-state index contributed by atoms with van der Waals surface area (Å²) in [5, 5.41) is 0. The van der Waals surface area contributed by atoms with Crippen LogP contribution >= 0.6 is 0 Å². The normalized spacial score (nSPS) is 15.5. The number of amides is 1. The van der Waals surface area contributed by atoms with Crippen molar-refractivity contribution in [1.82, 2.24) is 14.8 Å². The maximum absolute atomic E-state index is 12.5. The molecule has 1 aliphatic rings. The monoisotopic (exact) mass is 337 g/mol. The fourth-order valence-electron chi connectivity index (χ4n) is 3.53. The Morgan fingerprint density at radius 3 is 2.60 bits per heavy atom. The number of carbonyl (C=O) groups excluding carboxylic acids is 1. The summed E-state index contributed by atoms with van der Waals surface area (Å²) < 4.78 is 0. The Balaban J connectivity index is 1.41. The van der Waals surface area contributed by atoms with Crippen LogP contribution in [-0.2, 0) is 6.42 Å². The quantitative estimate of drug-likeness (QED) is 0.812. The summed E-state index contributed by atoms with van der Waals surface area (Å²) >= 11 is 0. The average Bonchev–Trinajstić information content (AvgIpc) is 2.69. The van der Waals surface area contributed by atoms with Crippen LogP contribution in [0.5, 0.6) is 0 Å². The molecule has 0 aliphatic carbocycles. The molecular weight excluding hydrogens is 310 g/mol. The summed E-state index contributed by atoms with van der Waals surface area (Å²) in [5.74, 6) is 0.165. The van der Waals surface area contributed by atoms with E-state index in [0.717, 1.165) is 50.9 Å². The SMILES string of the molecule is CN(CCCc1cccnc1)C1CCN(C(=O)c2ccccc2)CC1. The summed E-state index contributed by atoms with van der Waals surface area (Å²) in [5.41, 5.74) is 2.10. The molecule has 0 spiro atoms. The van der Waals surface area contributed by atoms with Gasteiger partial charge in [0.2, 0.25) is 0 Å². The van der Waals surface area contributed by atoms with Crippen molar-refractivity contribution in [2.24, 2.45) is 0 Å². The zero-order valence-corrected chi connectivity index (χ0v) is 15.0. The first-order chi connectivity index (χ1) is 12.2. The van der Waals surface area contributed by atoms with E-state index in [4.69, 9.17) is 0 Å². The summed E-state index contributed by atoms with van der Waals surface area (Å²) in [7, 11) is 2.21. The van der Waals surface area contributed by atoms with E-state index >= 15 is 0 Å². The van der Waals surface area contributed by atoms with Gasteiger partial charge in [-0.3, -0.25) is 9.78 Å². The van der Waals surface area contributed by atoms with Crippen LogP contribution in [0, 0.1) is 0 Å². The third kappa shape index (κ3) is 4.89. The molecule has 2 heterocycles. The Bertz CT molecular complexity index is 651. The van der Waals surface area contributed by atoms with Crippen LogP contribution in [0.15, 0.2) is 54.9 Å².